The lowest BCUT2D eigenvalue weighted by atomic mass is 10.1. The van der Waals surface area contributed by atoms with Gasteiger partial charge in [-0.15, -0.1) is 0 Å². The summed E-state index contributed by atoms with van der Waals surface area (Å²) in [5, 5.41) is 8.86. The molecule has 0 saturated carbocycles. The van der Waals surface area contributed by atoms with E-state index in [0.29, 0.717) is 6.54 Å². The Hall–Kier alpha value is -2.10. The first kappa shape index (κ1) is 12.4. The Kier molecular flexibility index (Phi) is 3.46. The fourth-order valence-electron chi connectivity index (χ4n) is 1.99. The van der Waals surface area contributed by atoms with Crippen LogP contribution in [0, 0.1) is 6.92 Å². The van der Waals surface area contributed by atoms with Crippen molar-refractivity contribution in [3.05, 3.63) is 41.7 Å². The highest BCUT2D eigenvalue weighted by Crippen LogP contribution is 2.20. The van der Waals surface area contributed by atoms with Crippen LogP contribution in [-0.4, -0.2) is 20.6 Å². The van der Waals surface area contributed by atoms with Gasteiger partial charge in [-0.1, -0.05) is 29.8 Å². The maximum absolute atomic E-state index is 10.8. The topological polar surface area (TPSA) is 55.1 Å². The van der Waals surface area contributed by atoms with Crippen LogP contribution in [-0.2, 0) is 17.8 Å². The van der Waals surface area contributed by atoms with Gasteiger partial charge >= 0.3 is 5.97 Å². The lowest BCUT2D eigenvalue weighted by Crippen LogP contribution is -2.08. The zero-order chi connectivity index (χ0) is 13.1. The van der Waals surface area contributed by atoms with Gasteiger partial charge in [0.05, 0.1) is 6.42 Å². The van der Waals surface area contributed by atoms with Crippen molar-refractivity contribution in [2.45, 2.75) is 26.8 Å². The van der Waals surface area contributed by atoms with Crippen LogP contribution in [0.2, 0.25) is 0 Å². The molecule has 0 radical (unpaired) electrons. The minimum Gasteiger partial charge on any atom is -0.481 e. The van der Waals surface area contributed by atoms with Crippen molar-refractivity contribution in [3.63, 3.8) is 0 Å². The number of aliphatic carboxylic acids is 1. The number of hydrogen-bond acceptors (Lipinski definition) is 2. The van der Waals surface area contributed by atoms with Crippen LogP contribution in [0.15, 0.2) is 30.5 Å². The van der Waals surface area contributed by atoms with Crippen LogP contribution in [0.4, 0.5) is 0 Å². The predicted molar refractivity (Wildman–Crippen MR) is 69.4 cm³/mol. The first-order chi connectivity index (χ1) is 8.61. The minimum absolute atomic E-state index is 0.00665. The SMILES string of the molecule is CCn1c(CC(=O)O)cnc1-c1ccc(C)cc1. The molecule has 4 nitrogen and oxygen atoms in total. The van der Waals surface area contributed by atoms with Crippen LogP contribution < -0.4 is 0 Å². The molecular weight excluding hydrogens is 228 g/mol. The van der Waals surface area contributed by atoms with Crippen LogP contribution >= 0.6 is 0 Å². The number of benzene rings is 1. The summed E-state index contributed by atoms with van der Waals surface area (Å²) >= 11 is 0. The first-order valence-corrected chi connectivity index (χ1v) is 5.95. The van der Waals surface area contributed by atoms with E-state index >= 15 is 0 Å². The molecule has 0 fully saturated rings. The molecule has 0 bridgehead atoms. The molecule has 1 aromatic heterocycles. The van der Waals surface area contributed by atoms with Crippen molar-refractivity contribution in [2.75, 3.05) is 0 Å². The van der Waals surface area contributed by atoms with Gasteiger partial charge in [0.15, 0.2) is 0 Å². The molecule has 1 N–H and O–H groups in total. The average molecular weight is 244 g/mol. The van der Waals surface area contributed by atoms with Crippen molar-refractivity contribution in [1.29, 1.82) is 0 Å². The Morgan fingerprint density at radius 3 is 2.56 bits per heavy atom. The zero-order valence-corrected chi connectivity index (χ0v) is 10.6. The predicted octanol–water partition coefficient (Wildman–Crippen LogP) is 2.51. The standard InChI is InChI=1S/C14H16N2O2/c1-3-16-12(8-13(17)18)9-15-14(16)11-6-4-10(2)5-7-11/h4-7,9H,3,8H2,1-2H3,(H,17,18). The number of nitrogens with zero attached hydrogens (tertiary/aromatic N) is 2. The fraction of sp³-hybridized carbons (Fsp3) is 0.286. The Labute approximate surface area is 106 Å². The van der Waals surface area contributed by atoms with Crippen molar-refractivity contribution in [3.8, 4) is 11.4 Å². The fourth-order valence-corrected chi connectivity index (χ4v) is 1.99. The summed E-state index contributed by atoms with van der Waals surface area (Å²) < 4.78 is 1.94. The van der Waals surface area contributed by atoms with Crippen LogP contribution in [0.25, 0.3) is 11.4 Å². The third kappa shape index (κ3) is 2.42. The van der Waals surface area contributed by atoms with E-state index in [4.69, 9.17) is 5.11 Å². The Morgan fingerprint density at radius 1 is 1.33 bits per heavy atom. The molecule has 2 aromatic rings. The number of carboxylic acid groups (broad SMARTS) is 1. The number of carboxylic acids is 1. The van der Waals surface area contributed by atoms with Gasteiger partial charge in [-0.2, -0.15) is 0 Å². The summed E-state index contributed by atoms with van der Waals surface area (Å²) in [5.74, 6) is -0.00574. The highest BCUT2D eigenvalue weighted by Gasteiger charge is 2.12. The molecule has 0 aliphatic heterocycles. The van der Waals surface area contributed by atoms with Crippen molar-refractivity contribution >= 4 is 5.97 Å². The monoisotopic (exact) mass is 244 g/mol. The summed E-state index contributed by atoms with van der Waals surface area (Å²) in [6.07, 6.45) is 1.65. The number of aryl methyl sites for hydroxylation is 1. The second kappa shape index (κ2) is 5.04. The third-order valence-corrected chi connectivity index (χ3v) is 2.90. The summed E-state index contributed by atoms with van der Waals surface area (Å²) in [5.41, 5.74) is 2.94. The van der Waals surface area contributed by atoms with Gasteiger partial charge in [0.25, 0.3) is 0 Å². The summed E-state index contributed by atoms with van der Waals surface area (Å²) in [6, 6.07) is 8.07. The third-order valence-electron chi connectivity index (χ3n) is 2.90. The van der Waals surface area contributed by atoms with Crippen molar-refractivity contribution < 1.29 is 9.90 Å². The van der Waals surface area contributed by atoms with Crippen LogP contribution in [0.1, 0.15) is 18.2 Å². The Bertz CT molecular complexity index is 556. The van der Waals surface area contributed by atoms with Crippen molar-refractivity contribution in [1.82, 2.24) is 9.55 Å². The van der Waals surface area contributed by atoms with E-state index in [0.717, 1.165) is 17.1 Å². The molecule has 0 aliphatic carbocycles. The molecule has 94 valence electrons. The van der Waals surface area contributed by atoms with E-state index in [1.165, 1.54) is 5.56 Å². The van der Waals surface area contributed by atoms with E-state index in [1.807, 2.05) is 42.7 Å². The average Bonchev–Trinajstić information content (AvgIpc) is 2.72. The Morgan fingerprint density at radius 2 is 2.00 bits per heavy atom. The lowest BCUT2D eigenvalue weighted by molar-refractivity contribution is -0.136. The molecule has 0 unspecified atom stereocenters. The van der Waals surface area contributed by atoms with E-state index in [9.17, 15) is 4.79 Å². The molecule has 0 spiro atoms. The normalized spacial score (nSPS) is 10.6. The molecule has 0 atom stereocenters. The number of aromatic nitrogens is 2. The molecule has 1 aromatic carbocycles. The largest absolute Gasteiger partial charge is 0.481 e. The van der Waals surface area contributed by atoms with E-state index in [2.05, 4.69) is 4.98 Å². The number of hydrogen-bond donors (Lipinski definition) is 1. The second-order valence-corrected chi connectivity index (χ2v) is 4.25. The van der Waals surface area contributed by atoms with Gasteiger partial charge < -0.3 is 9.67 Å². The molecule has 2 rings (SSSR count). The molecule has 0 aliphatic rings. The second-order valence-electron chi connectivity index (χ2n) is 4.25. The van der Waals surface area contributed by atoms with Gasteiger partial charge in [-0.3, -0.25) is 4.79 Å². The maximum atomic E-state index is 10.8. The highest BCUT2D eigenvalue weighted by molar-refractivity contribution is 5.70. The molecule has 1 heterocycles. The molecule has 4 heteroatoms. The molecule has 0 amide bonds. The van der Waals surface area contributed by atoms with E-state index in [1.54, 1.807) is 6.20 Å². The number of imidazole rings is 1. The van der Waals surface area contributed by atoms with Crippen LogP contribution in [0.3, 0.4) is 0 Å². The minimum atomic E-state index is -0.833. The van der Waals surface area contributed by atoms with Gasteiger partial charge in [-0.25, -0.2) is 4.98 Å². The summed E-state index contributed by atoms with van der Waals surface area (Å²) in [6.45, 7) is 4.74. The highest BCUT2D eigenvalue weighted by atomic mass is 16.4. The van der Waals surface area contributed by atoms with E-state index in [-0.39, 0.29) is 6.42 Å². The molecular formula is C14H16N2O2. The lowest BCUT2D eigenvalue weighted by Gasteiger charge is -2.08. The summed E-state index contributed by atoms with van der Waals surface area (Å²) in [7, 11) is 0. The van der Waals surface area contributed by atoms with Gasteiger partial charge in [0.2, 0.25) is 0 Å². The number of carbonyl (C=O) groups is 1. The van der Waals surface area contributed by atoms with Gasteiger partial charge in [0.1, 0.15) is 5.82 Å². The first-order valence-electron chi connectivity index (χ1n) is 5.95. The van der Waals surface area contributed by atoms with Crippen LogP contribution in [0.5, 0.6) is 0 Å². The number of rotatable bonds is 4. The van der Waals surface area contributed by atoms with Crippen molar-refractivity contribution in [2.24, 2.45) is 0 Å². The maximum Gasteiger partial charge on any atom is 0.309 e. The van der Waals surface area contributed by atoms with Gasteiger partial charge in [0, 0.05) is 24.0 Å². The Balaban J connectivity index is 2.42. The zero-order valence-electron chi connectivity index (χ0n) is 10.6. The van der Waals surface area contributed by atoms with Gasteiger partial charge in [-0.05, 0) is 13.8 Å². The summed E-state index contributed by atoms with van der Waals surface area (Å²) in [4.78, 5) is 15.1. The molecule has 18 heavy (non-hydrogen) atoms. The molecule has 0 saturated heterocycles. The smallest absolute Gasteiger partial charge is 0.309 e. The quantitative estimate of drug-likeness (QED) is 0.899. The van der Waals surface area contributed by atoms with E-state index < -0.39 is 5.97 Å².